The molecular formula is C10H7F3N4OS. The van der Waals surface area contributed by atoms with Crippen molar-refractivity contribution in [1.82, 2.24) is 10.2 Å². The van der Waals surface area contributed by atoms with E-state index in [2.05, 4.69) is 15.5 Å². The lowest BCUT2D eigenvalue weighted by Crippen LogP contribution is -2.12. The molecule has 0 unspecified atom stereocenters. The normalized spacial score (nSPS) is 11.3. The topological polar surface area (TPSA) is 80.9 Å². The number of anilines is 2. The van der Waals surface area contributed by atoms with Crippen molar-refractivity contribution < 1.29 is 18.0 Å². The van der Waals surface area contributed by atoms with E-state index in [-0.39, 0.29) is 15.8 Å². The third-order valence-corrected chi connectivity index (χ3v) is 2.86. The second-order valence-electron chi connectivity index (χ2n) is 3.47. The monoisotopic (exact) mass is 288 g/mol. The van der Waals surface area contributed by atoms with Crippen LogP contribution in [0.1, 0.15) is 15.4 Å². The van der Waals surface area contributed by atoms with E-state index < -0.39 is 17.6 Å². The molecule has 1 amide bonds. The highest BCUT2D eigenvalue weighted by molar-refractivity contribution is 7.16. The predicted molar refractivity (Wildman–Crippen MR) is 63.7 cm³/mol. The zero-order valence-electron chi connectivity index (χ0n) is 9.23. The van der Waals surface area contributed by atoms with Crippen molar-refractivity contribution in [2.24, 2.45) is 0 Å². The fourth-order valence-electron chi connectivity index (χ4n) is 1.25. The predicted octanol–water partition coefficient (Wildman–Crippen LogP) is 2.39. The minimum absolute atomic E-state index is 0.0393. The summed E-state index contributed by atoms with van der Waals surface area (Å²) in [6, 6.07) is 4.07. The van der Waals surface area contributed by atoms with Crippen LogP contribution in [0.2, 0.25) is 0 Å². The molecule has 0 bridgehead atoms. The van der Waals surface area contributed by atoms with Gasteiger partial charge in [0.15, 0.2) is 0 Å². The van der Waals surface area contributed by atoms with Crippen LogP contribution >= 0.6 is 11.3 Å². The third kappa shape index (κ3) is 3.19. The molecule has 19 heavy (non-hydrogen) atoms. The largest absolute Gasteiger partial charge is 0.416 e. The highest BCUT2D eigenvalue weighted by Gasteiger charge is 2.30. The van der Waals surface area contributed by atoms with Crippen molar-refractivity contribution in [2.75, 3.05) is 11.1 Å². The highest BCUT2D eigenvalue weighted by atomic mass is 32.1. The first kappa shape index (κ1) is 13.3. The maximum atomic E-state index is 12.3. The van der Waals surface area contributed by atoms with Crippen molar-refractivity contribution in [3.05, 3.63) is 34.8 Å². The maximum absolute atomic E-state index is 12.3. The van der Waals surface area contributed by atoms with Crippen molar-refractivity contribution in [2.45, 2.75) is 6.18 Å². The first-order chi connectivity index (χ1) is 8.86. The van der Waals surface area contributed by atoms with E-state index in [1.54, 1.807) is 0 Å². The van der Waals surface area contributed by atoms with Crippen LogP contribution in [-0.4, -0.2) is 16.1 Å². The number of halogens is 3. The maximum Gasteiger partial charge on any atom is 0.416 e. The fourth-order valence-corrected chi connectivity index (χ4v) is 1.76. The molecule has 0 radical (unpaired) electrons. The number of alkyl halides is 3. The number of nitrogens with one attached hydrogen (secondary N) is 1. The Balaban J connectivity index is 2.10. The van der Waals surface area contributed by atoms with Gasteiger partial charge in [-0.3, -0.25) is 4.79 Å². The Kier molecular flexibility index (Phi) is 3.38. The second kappa shape index (κ2) is 4.84. The van der Waals surface area contributed by atoms with E-state index in [9.17, 15) is 18.0 Å². The van der Waals surface area contributed by atoms with Gasteiger partial charge in [0.25, 0.3) is 5.91 Å². The molecule has 1 heterocycles. The number of rotatable bonds is 2. The van der Waals surface area contributed by atoms with Crippen LogP contribution in [-0.2, 0) is 6.18 Å². The molecule has 100 valence electrons. The van der Waals surface area contributed by atoms with Crippen LogP contribution in [0.3, 0.4) is 0 Å². The molecule has 9 heteroatoms. The summed E-state index contributed by atoms with van der Waals surface area (Å²) in [5.74, 6) is -0.575. The zero-order valence-corrected chi connectivity index (χ0v) is 10.0. The quantitative estimate of drug-likeness (QED) is 0.889. The number of nitrogens with two attached hydrogens (primary N) is 1. The van der Waals surface area contributed by atoms with Crippen molar-refractivity contribution in [1.29, 1.82) is 0 Å². The highest BCUT2D eigenvalue weighted by Crippen LogP contribution is 2.29. The van der Waals surface area contributed by atoms with Gasteiger partial charge < -0.3 is 11.1 Å². The molecule has 1 aromatic heterocycles. The number of hydrogen-bond acceptors (Lipinski definition) is 5. The lowest BCUT2D eigenvalue weighted by Gasteiger charge is -2.07. The van der Waals surface area contributed by atoms with Crippen molar-refractivity contribution in [3.63, 3.8) is 0 Å². The molecule has 0 saturated heterocycles. The van der Waals surface area contributed by atoms with Gasteiger partial charge in [-0.05, 0) is 24.3 Å². The summed E-state index contributed by atoms with van der Waals surface area (Å²) in [4.78, 5) is 11.6. The number of nitrogen functional groups attached to an aromatic ring is 1. The number of nitrogens with zero attached hydrogens (tertiary/aromatic N) is 2. The molecule has 1 aromatic carbocycles. The van der Waals surface area contributed by atoms with Crippen LogP contribution < -0.4 is 11.1 Å². The molecule has 0 saturated carbocycles. The Morgan fingerprint density at radius 1 is 1.21 bits per heavy atom. The van der Waals surface area contributed by atoms with Crippen LogP contribution in [0.5, 0.6) is 0 Å². The SMILES string of the molecule is Nc1nnc(C(=O)Nc2ccc(C(F)(F)F)cc2)s1. The van der Waals surface area contributed by atoms with E-state index in [1.807, 2.05) is 0 Å². The minimum Gasteiger partial charge on any atom is -0.374 e. The zero-order chi connectivity index (χ0) is 14.0. The second-order valence-corrected chi connectivity index (χ2v) is 4.48. The fraction of sp³-hybridized carbons (Fsp3) is 0.100. The van der Waals surface area contributed by atoms with E-state index in [0.29, 0.717) is 0 Å². The number of amides is 1. The van der Waals surface area contributed by atoms with E-state index in [4.69, 9.17) is 5.73 Å². The molecule has 3 N–H and O–H groups in total. The molecule has 0 spiro atoms. The van der Waals surface area contributed by atoms with Crippen molar-refractivity contribution >= 4 is 28.1 Å². The molecule has 0 aliphatic rings. The summed E-state index contributed by atoms with van der Waals surface area (Å²) in [7, 11) is 0. The van der Waals surface area contributed by atoms with Gasteiger partial charge in [-0.15, -0.1) is 10.2 Å². The summed E-state index contributed by atoms with van der Waals surface area (Å²) in [5.41, 5.74) is 4.76. The number of hydrogen-bond donors (Lipinski definition) is 2. The molecule has 5 nitrogen and oxygen atoms in total. The lowest BCUT2D eigenvalue weighted by molar-refractivity contribution is -0.137. The van der Waals surface area contributed by atoms with Gasteiger partial charge in [0, 0.05) is 5.69 Å². The van der Waals surface area contributed by atoms with E-state index in [1.165, 1.54) is 0 Å². The van der Waals surface area contributed by atoms with Gasteiger partial charge in [-0.25, -0.2) is 0 Å². The molecule has 2 rings (SSSR count). The summed E-state index contributed by atoms with van der Waals surface area (Å²) >= 11 is 0.886. The van der Waals surface area contributed by atoms with E-state index in [0.717, 1.165) is 35.6 Å². The van der Waals surface area contributed by atoms with Crippen LogP contribution in [0.25, 0.3) is 0 Å². The standard InChI is InChI=1S/C10H7F3N4OS/c11-10(12,13)5-1-3-6(4-2-5)15-7(18)8-16-17-9(14)19-8/h1-4H,(H2,14,17)(H,15,18). The molecular weight excluding hydrogens is 281 g/mol. The minimum atomic E-state index is -4.41. The molecule has 0 aliphatic carbocycles. The Morgan fingerprint density at radius 3 is 2.32 bits per heavy atom. The van der Waals surface area contributed by atoms with Gasteiger partial charge >= 0.3 is 6.18 Å². The van der Waals surface area contributed by atoms with Gasteiger partial charge in [0.2, 0.25) is 10.1 Å². The molecule has 0 atom stereocenters. The lowest BCUT2D eigenvalue weighted by atomic mass is 10.2. The Morgan fingerprint density at radius 2 is 1.84 bits per heavy atom. The van der Waals surface area contributed by atoms with Gasteiger partial charge in [0.05, 0.1) is 5.56 Å². The number of aromatic nitrogens is 2. The summed E-state index contributed by atoms with van der Waals surface area (Å²) < 4.78 is 37.0. The van der Waals surface area contributed by atoms with Gasteiger partial charge in [0.1, 0.15) is 0 Å². The Bertz CT molecular complexity index is 594. The summed E-state index contributed by atoms with van der Waals surface area (Å²) in [6.45, 7) is 0. The molecule has 2 aromatic rings. The number of carbonyl (C=O) groups excluding carboxylic acids is 1. The van der Waals surface area contributed by atoms with Crippen LogP contribution in [0.4, 0.5) is 24.0 Å². The van der Waals surface area contributed by atoms with E-state index >= 15 is 0 Å². The average molecular weight is 288 g/mol. The first-order valence-corrected chi connectivity index (χ1v) is 5.75. The van der Waals surface area contributed by atoms with Gasteiger partial charge in [-0.1, -0.05) is 11.3 Å². The molecule has 0 aliphatic heterocycles. The Hall–Kier alpha value is -2.16. The van der Waals surface area contributed by atoms with Gasteiger partial charge in [-0.2, -0.15) is 13.2 Å². The summed E-state index contributed by atoms with van der Waals surface area (Å²) in [5, 5.41) is 9.55. The first-order valence-electron chi connectivity index (χ1n) is 4.94. The summed E-state index contributed by atoms with van der Waals surface area (Å²) in [6.07, 6.45) is -4.41. The Labute approximate surface area is 109 Å². The number of benzene rings is 1. The number of carbonyl (C=O) groups is 1. The average Bonchev–Trinajstić information content (AvgIpc) is 2.75. The molecule has 0 fully saturated rings. The van der Waals surface area contributed by atoms with Crippen LogP contribution in [0.15, 0.2) is 24.3 Å². The smallest absolute Gasteiger partial charge is 0.374 e. The van der Waals surface area contributed by atoms with Crippen molar-refractivity contribution in [3.8, 4) is 0 Å². The van der Waals surface area contributed by atoms with Crippen LogP contribution in [0, 0.1) is 0 Å². The third-order valence-electron chi connectivity index (χ3n) is 2.10.